The lowest BCUT2D eigenvalue weighted by molar-refractivity contribution is -0.135. The molecule has 0 atom stereocenters. The quantitative estimate of drug-likeness (QED) is 0.843. The zero-order chi connectivity index (χ0) is 14.9. The van der Waals surface area contributed by atoms with E-state index in [4.69, 9.17) is 0 Å². The van der Waals surface area contributed by atoms with Crippen LogP contribution in [0.25, 0.3) is 0 Å². The summed E-state index contributed by atoms with van der Waals surface area (Å²) in [4.78, 5) is 14.0. The monoisotopic (exact) mass is 296 g/mol. The highest BCUT2D eigenvalue weighted by Crippen LogP contribution is 2.21. The average Bonchev–Trinajstić information content (AvgIpc) is 2.38. The van der Waals surface area contributed by atoms with Crippen molar-refractivity contribution >= 4 is 15.9 Å². The number of amides is 1. The van der Waals surface area contributed by atoms with Crippen LogP contribution in [0.1, 0.15) is 19.4 Å². The van der Waals surface area contributed by atoms with Crippen molar-refractivity contribution in [1.82, 2.24) is 9.21 Å². The highest BCUT2D eigenvalue weighted by molar-refractivity contribution is 7.89. The highest BCUT2D eigenvalue weighted by Gasteiger charge is 2.34. The van der Waals surface area contributed by atoms with Gasteiger partial charge in [-0.1, -0.05) is 18.2 Å². The molecule has 0 unspecified atom stereocenters. The molecule has 0 radical (unpaired) electrons. The number of sulfonamides is 1. The average molecular weight is 296 g/mol. The van der Waals surface area contributed by atoms with E-state index >= 15 is 0 Å². The van der Waals surface area contributed by atoms with E-state index in [9.17, 15) is 13.2 Å². The third-order valence-electron chi connectivity index (χ3n) is 3.56. The summed E-state index contributed by atoms with van der Waals surface area (Å²) in [5.41, 5.74) is 0.700. The van der Waals surface area contributed by atoms with Crippen LogP contribution in [0.4, 0.5) is 0 Å². The SMILES string of the molecule is Cc1ccccc1S(=O)(=O)N1CCN(C(C)C)C(=O)C1. The molecular formula is C14H20N2O3S. The number of aryl methyl sites for hydroxylation is 1. The predicted molar refractivity (Wildman–Crippen MR) is 76.8 cm³/mol. The summed E-state index contributed by atoms with van der Waals surface area (Å²) < 4.78 is 26.4. The minimum atomic E-state index is -3.59. The molecular weight excluding hydrogens is 276 g/mol. The van der Waals surface area contributed by atoms with Gasteiger partial charge in [0, 0.05) is 19.1 Å². The molecule has 1 aromatic carbocycles. The van der Waals surface area contributed by atoms with Gasteiger partial charge < -0.3 is 4.90 Å². The number of carbonyl (C=O) groups is 1. The van der Waals surface area contributed by atoms with Crippen LogP contribution in [0.2, 0.25) is 0 Å². The lowest BCUT2D eigenvalue weighted by Gasteiger charge is -2.36. The Bertz CT molecular complexity index is 611. The van der Waals surface area contributed by atoms with Gasteiger partial charge >= 0.3 is 0 Å². The van der Waals surface area contributed by atoms with Gasteiger partial charge in [0.15, 0.2) is 0 Å². The van der Waals surface area contributed by atoms with Gasteiger partial charge in [0.25, 0.3) is 0 Å². The molecule has 5 nitrogen and oxygen atoms in total. The van der Waals surface area contributed by atoms with Crippen molar-refractivity contribution in [2.24, 2.45) is 0 Å². The van der Waals surface area contributed by atoms with E-state index in [0.29, 0.717) is 18.7 Å². The van der Waals surface area contributed by atoms with E-state index in [1.54, 1.807) is 36.1 Å². The fraction of sp³-hybridized carbons (Fsp3) is 0.500. The minimum Gasteiger partial charge on any atom is -0.338 e. The van der Waals surface area contributed by atoms with E-state index in [0.717, 1.165) is 0 Å². The molecule has 1 heterocycles. The van der Waals surface area contributed by atoms with Crippen molar-refractivity contribution in [3.8, 4) is 0 Å². The van der Waals surface area contributed by atoms with Gasteiger partial charge in [-0.2, -0.15) is 4.31 Å². The molecule has 1 aliphatic rings. The summed E-state index contributed by atoms with van der Waals surface area (Å²) in [5.74, 6) is -0.136. The first kappa shape index (κ1) is 15.0. The smallest absolute Gasteiger partial charge is 0.243 e. The maximum Gasteiger partial charge on any atom is 0.243 e. The Morgan fingerprint density at radius 2 is 1.80 bits per heavy atom. The van der Waals surface area contributed by atoms with Gasteiger partial charge in [0.05, 0.1) is 11.4 Å². The summed E-state index contributed by atoms with van der Waals surface area (Å²) in [6.07, 6.45) is 0. The Balaban J connectivity index is 2.25. The molecule has 1 saturated heterocycles. The van der Waals surface area contributed by atoms with Crippen LogP contribution in [-0.4, -0.2) is 49.2 Å². The molecule has 0 bridgehead atoms. The molecule has 1 fully saturated rings. The normalized spacial score (nSPS) is 17.8. The third kappa shape index (κ3) is 2.71. The summed E-state index contributed by atoms with van der Waals surface area (Å²) >= 11 is 0. The topological polar surface area (TPSA) is 57.7 Å². The number of hydrogen-bond donors (Lipinski definition) is 0. The molecule has 1 aliphatic heterocycles. The zero-order valence-electron chi connectivity index (χ0n) is 12.0. The fourth-order valence-electron chi connectivity index (χ4n) is 2.40. The van der Waals surface area contributed by atoms with Gasteiger partial charge in [-0.3, -0.25) is 4.79 Å². The fourth-order valence-corrected chi connectivity index (χ4v) is 4.01. The molecule has 1 amide bonds. The predicted octanol–water partition coefficient (Wildman–Crippen LogP) is 1.24. The molecule has 0 aliphatic carbocycles. The Kier molecular flexibility index (Phi) is 4.15. The Labute approximate surface area is 120 Å². The molecule has 20 heavy (non-hydrogen) atoms. The van der Waals surface area contributed by atoms with Gasteiger partial charge in [-0.05, 0) is 32.4 Å². The van der Waals surface area contributed by atoms with Crippen LogP contribution >= 0.6 is 0 Å². The molecule has 2 rings (SSSR count). The number of benzene rings is 1. The maximum atomic E-state index is 12.6. The molecule has 1 aromatic rings. The second kappa shape index (κ2) is 5.54. The molecule has 0 saturated carbocycles. The molecule has 0 aromatic heterocycles. The van der Waals surface area contributed by atoms with Crippen molar-refractivity contribution in [1.29, 1.82) is 0 Å². The second-order valence-corrected chi connectivity index (χ2v) is 7.19. The Morgan fingerprint density at radius 1 is 1.15 bits per heavy atom. The Morgan fingerprint density at radius 3 is 2.35 bits per heavy atom. The minimum absolute atomic E-state index is 0.0746. The van der Waals surface area contributed by atoms with E-state index in [-0.39, 0.29) is 23.4 Å². The van der Waals surface area contributed by atoms with E-state index in [1.165, 1.54) is 4.31 Å². The summed E-state index contributed by atoms with van der Waals surface area (Å²) in [6, 6.07) is 6.96. The van der Waals surface area contributed by atoms with Gasteiger partial charge in [-0.15, -0.1) is 0 Å². The molecule has 0 spiro atoms. The van der Waals surface area contributed by atoms with E-state index in [2.05, 4.69) is 0 Å². The molecule has 0 N–H and O–H groups in total. The van der Waals surface area contributed by atoms with Gasteiger partial charge in [0.2, 0.25) is 15.9 Å². The van der Waals surface area contributed by atoms with Crippen molar-refractivity contribution < 1.29 is 13.2 Å². The van der Waals surface area contributed by atoms with Crippen LogP contribution in [0, 0.1) is 6.92 Å². The van der Waals surface area contributed by atoms with Crippen LogP contribution in [0.5, 0.6) is 0 Å². The van der Waals surface area contributed by atoms with Crippen molar-refractivity contribution in [2.45, 2.75) is 31.7 Å². The number of rotatable bonds is 3. The van der Waals surface area contributed by atoms with Gasteiger partial charge in [-0.25, -0.2) is 8.42 Å². The van der Waals surface area contributed by atoms with Crippen LogP contribution in [0.15, 0.2) is 29.2 Å². The van der Waals surface area contributed by atoms with Crippen molar-refractivity contribution in [2.75, 3.05) is 19.6 Å². The van der Waals surface area contributed by atoms with Crippen molar-refractivity contribution in [3.63, 3.8) is 0 Å². The standard InChI is InChI=1S/C14H20N2O3S/c1-11(2)16-9-8-15(10-14(16)17)20(18,19)13-7-5-4-6-12(13)3/h4-7,11H,8-10H2,1-3H3. The van der Waals surface area contributed by atoms with Crippen molar-refractivity contribution in [3.05, 3.63) is 29.8 Å². The van der Waals surface area contributed by atoms with Crippen LogP contribution in [0.3, 0.4) is 0 Å². The first-order valence-electron chi connectivity index (χ1n) is 6.69. The zero-order valence-corrected chi connectivity index (χ0v) is 12.9. The summed E-state index contributed by atoms with van der Waals surface area (Å²) in [6.45, 7) is 6.35. The summed E-state index contributed by atoms with van der Waals surface area (Å²) in [5, 5.41) is 0. The van der Waals surface area contributed by atoms with Gasteiger partial charge in [0.1, 0.15) is 0 Å². The lowest BCUT2D eigenvalue weighted by atomic mass is 10.2. The second-order valence-electron chi connectivity index (χ2n) is 5.28. The number of nitrogens with zero attached hydrogens (tertiary/aromatic N) is 2. The number of piperazine rings is 1. The highest BCUT2D eigenvalue weighted by atomic mass is 32.2. The molecule has 110 valence electrons. The third-order valence-corrected chi connectivity index (χ3v) is 5.56. The first-order chi connectivity index (χ1) is 9.34. The van der Waals surface area contributed by atoms with E-state index in [1.807, 2.05) is 13.8 Å². The summed E-state index contributed by atoms with van der Waals surface area (Å²) in [7, 11) is -3.59. The first-order valence-corrected chi connectivity index (χ1v) is 8.13. The largest absolute Gasteiger partial charge is 0.338 e. The van der Waals surface area contributed by atoms with Crippen LogP contribution < -0.4 is 0 Å². The maximum absolute atomic E-state index is 12.6. The Hall–Kier alpha value is -1.40. The molecule has 6 heteroatoms. The number of carbonyl (C=O) groups excluding carboxylic acids is 1. The number of hydrogen-bond acceptors (Lipinski definition) is 3. The van der Waals surface area contributed by atoms with Crippen LogP contribution in [-0.2, 0) is 14.8 Å². The lowest BCUT2D eigenvalue weighted by Crippen LogP contribution is -2.54. The van der Waals surface area contributed by atoms with E-state index < -0.39 is 10.0 Å².